The Kier molecular flexibility index (Phi) is 4.82. The number of sulfonamides is 1. The van der Waals surface area contributed by atoms with E-state index in [0.29, 0.717) is 9.87 Å². The number of esters is 1. The molecule has 1 aliphatic heterocycles. The molecule has 0 radical (unpaired) electrons. The van der Waals surface area contributed by atoms with Crippen molar-refractivity contribution in [2.75, 3.05) is 6.61 Å². The number of rotatable bonds is 5. The molecule has 1 fully saturated rings. The van der Waals surface area contributed by atoms with Gasteiger partial charge in [-0.15, -0.1) is 0 Å². The van der Waals surface area contributed by atoms with Crippen molar-refractivity contribution in [2.45, 2.75) is 37.1 Å². The van der Waals surface area contributed by atoms with Gasteiger partial charge in [-0.3, -0.25) is 4.79 Å². The second-order valence-corrected chi connectivity index (χ2v) is 8.46. The van der Waals surface area contributed by atoms with Gasteiger partial charge in [-0.1, -0.05) is 48.0 Å². The Labute approximate surface area is 158 Å². The predicted molar refractivity (Wildman–Crippen MR) is 99.4 cm³/mol. The number of benzene rings is 2. The molecule has 1 amide bonds. The highest BCUT2D eigenvalue weighted by molar-refractivity contribution is 7.89. The van der Waals surface area contributed by atoms with Gasteiger partial charge < -0.3 is 4.74 Å². The van der Waals surface area contributed by atoms with Gasteiger partial charge >= 0.3 is 5.97 Å². The van der Waals surface area contributed by atoms with Gasteiger partial charge in [0.25, 0.3) is 10.0 Å². The van der Waals surface area contributed by atoms with Crippen molar-refractivity contribution in [1.82, 2.24) is 4.31 Å². The molecule has 6 nitrogen and oxygen atoms in total. The van der Waals surface area contributed by atoms with Crippen LogP contribution in [0.1, 0.15) is 25.0 Å². The lowest BCUT2D eigenvalue weighted by atomic mass is 9.69. The van der Waals surface area contributed by atoms with Crippen LogP contribution >= 0.6 is 0 Å². The van der Waals surface area contributed by atoms with E-state index in [4.69, 9.17) is 4.74 Å². The molecule has 2 aromatic rings. The van der Waals surface area contributed by atoms with Gasteiger partial charge in [0.2, 0.25) is 5.91 Å². The number of β-lactam (4-membered cyclic amide) rings is 1. The first-order chi connectivity index (χ1) is 12.7. The molecular weight excluding hydrogens is 366 g/mol. The molecule has 0 unspecified atom stereocenters. The normalized spacial score (nSPS) is 22.3. The van der Waals surface area contributed by atoms with Crippen molar-refractivity contribution < 1.29 is 22.7 Å². The maximum atomic E-state index is 13.1. The van der Waals surface area contributed by atoms with E-state index >= 15 is 0 Å². The maximum absolute atomic E-state index is 13.1. The number of carbonyl (C=O) groups excluding carboxylic acids is 2. The lowest BCUT2D eigenvalue weighted by Gasteiger charge is -2.51. The average Bonchev–Trinajstić information content (AvgIpc) is 2.65. The van der Waals surface area contributed by atoms with Gasteiger partial charge in [-0.2, -0.15) is 0 Å². The first-order valence-corrected chi connectivity index (χ1v) is 10.1. The zero-order valence-electron chi connectivity index (χ0n) is 15.4. The molecule has 1 aliphatic rings. The zero-order valence-corrected chi connectivity index (χ0v) is 16.2. The van der Waals surface area contributed by atoms with Crippen LogP contribution in [0.4, 0.5) is 0 Å². The summed E-state index contributed by atoms with van der Waals surface area (Å²) in [4.78, 5) is 25.6. The molecule has 142 valence electrons. The van der Waals surface area contributed by atoms with Crippen molar-refractivity contribution in [1.29, 1.82) is 0 Å². The number of aryl methyl sites for hydroxylation is 1. The summed E-state index contributed by atoms with van der Waals surface area (Å²) in [6.07, 6.45) is 0. The molecule has 27 heavy (non-hydrogen) atoms. The summed E-state index contributed by atoms with van der Waals surface area (Å²) in [6, 6.07) is 13.6. The van der Waals surface area contributed by atoms with E-state index in [2.05, 4.69) is 0 Å². The molecular formula is C20H21NO5S. The molecule has 1 heterocycles. The van der Waals surface area contributed by atoms with E-state index in [1.807, 2.05) is 6.92 Å². The van der Waals surface area contributed by atoms with Crippen LogP contribution in [0.3, 0.4) is 0 Å². The standard InChI is InChI=1S/C20H21NO5S/c1-4-26-18(22)17-20(3,15-8-6-5-7-9-15)19(23)21(17)27(24,25)16-12-10-14(2)11-13-16/h5-13,17H,4H2,1-3H3/t17-,20+/m1/s1. The van der Waals surface area contributed by atoms with Gasteiger partial charge in [0.1, 0.15) is 5.41 Å². The summed E-state index contributed by atoms with van der Waals surface area (Å²) < 4.78 is 31.9. The fourth-order valence-electron chi connectivity index (χ4n) is 3.32. The van der Waals surface area contributed by atoms with E-state index in [1.54, 1.807) is 56.3 Å². The van der Waals surface area contributed by atoms with Gasteiger partial charge in [0.15, 0.2) is 6.04 Å². The fraction of sp³-hybridized carbons (Fsp3) is 0.300. The van der Waals surface area contributed by atoms with E-state index in [0.717, 1.165) is 5.56 Å². The number of ether oxygens (including phenoxy) is 1. The Morgan fingerprint density at radius 1 is 1.11 bits per heavy atom. The molecule has 2 atom stereocenters. The van der Waals surface area contributed by atoms with E-state index in [-0.39, 0.29) is 11.5 Å². The van der Waals surface area contributed by atoms with Crippen LogP contribution < -0.4 is 0 Å². The van der Waals surface area contributed by atoms with Gasteiger partial charge in [0.05, 0.1) is 11.5 Å². The third-order valence-corrected chi connectivity index (χ3v) is 6.65. The third kappa shape index (κ3) is 2.92. The Morgan fingerprint density at radius 2 is 1.70 bits per heavy atom. The summed E-state index contributed by atoms with van der Waals surface area (Å²) in [5.74, 6) is -1.38. The maximum Gasteiger partial charge on any atom is 0.331 e. The van der Waals surface area contributed by atoms with Crippen molar-refractivity contribution >= 4 is 21.9 Å². The number of hydrogen-bond donors (Lipinski definition) is 0. The Bertz CT molecular complexity index is 969. The topological polar surface area (TPSA) is 80.8 Å². The largest absolute Gasteiger partial charge is 0.464 e. The highest BCUT2D eigenvalue weighted by Gasteiger charge is 2.66. The SMILES string of the molecule is CCOC(=O)[C@H]1N(S(=O)(=O)c2ccc(C)cc2)C(=O)[C@@]1(C)c1ccccc1. The van der Waals surface area contributed by atoms with Crippen LogP contribution in [0.25, 0.3) is 0 Å². The zero-order chi connectivity index (χ0) is 19.8. The van der Waals surface area contributed by atoms with Crippen LogP contribution in [0.15, 0.2) is 59.5 Å². The first-order valence-electron chi connectivity index (χ1n) is 8.62. The highest BCUT2D eigenvalue weighted by Crippen LogP contribution is 2.45. The van der Waals surface area contributed by atoms with Crippen LogP contribution in [0.5, 0.6) is 0 Å². The Morgan fingerprint density at radius 3 is 2.26 bits per heavy atom. The predicted octanol–water partition coefficient (Wildman–Crippen LogP) is 2.42. The van der Waals surface area contributed by atoms with Gasteiger partial charge in [-0.25, -0.2) is 17.5 Å². The van der Waals surface area contributed by atoms with E-state index in [9.17, 15) is 18.0 Å². The van der Waals surface area contributed by atoms with Crippen molar-refractivity contribution in [3.63, 3.8) is 0 Å². The lowest BCUT2D eigenvalue weighted by Crippen LogP contribution is -2.74. The van der Waals surface area contributed by atoms with Crippen LogP contribution in [0.2, 0.25) is 0 Å². The quantitative estimate of drug-likeness (QED) is 0.581. The minimum Gasteiger partial charge on any atom is -0.464 e. The van der Waals surface area contributed by atoms with Gasteiger partial charge in [0, 0.05) is 0 Å². The van der Waals surface area contributed by atoms with Crippen LogP contribution in [-0.4, -0.2) is 37.2 Å². The van der Waals surface area contributed by atoms with Crippen molar-refractivity contribution in [3.8, 4) is 0 Å². The Balaban J connectivity index is 2.09. The molecule has 1 saturated heterocycles. The van der Waals surface area contributed by atoms with Crippen molar-refractivity contribution in [2.24, 2.45) is 0 Å². The Hall–Kier alpha value is -2.67. The summed E-state index contributed by atoms with van der Waals surface area (Å²) in [5.41, 5.74) is 0.161. The van der Waals surface area contributed by atoms with Crippen LogP contribution in [-0.2, 0) is 29.8 Å². The molecule has 2 aromatic carbocycles. The van der Waals surface area contributed by atoms with E-state index in [1.165, 1.54) is 12.1 Å². The summed E-state index contributed by atoms with van der Waals surface area (Å²) in [6.45, 7) is 5.14. The smallest absolute Gasteiger partial charge is 0.331 e. The highest BCUT2D eigenvalue weighted by atomic mass is 32.2. The third-order valence-electron chi connectivity index (χ3n) is 4.89. The molecule has 0 aromatic heterocycles. The van der Waals surface area contributed by atoms with Gasteiger partial charge in [-0.05, 0) is 38.5 Å². The molecule has 0 aliphatic carbocycles. The summed E-state index contributed by atoms with van der Waals surface area (Å²) in [7, 11) is -4.18. The van der Waals surface area contributed by atoms with E-state index < -0.39 is 33.4 Å². The minimum atomic E-state index is -4.18. The lowest BCUT2D eigenvalue weighted by molar-refractivity contribution is -0.168. The minimum absolute atomic E-state index is 0.0362. The molecule has 0 bridgehead atoms. The molecule has 0 N–H and O–H groups in total. The first kappa shape index (κ1) is 19.1. The fourth-order valence-corrected chi connectivity index (χ4v) is 5.01. The average molecular weight is 387 g/mol. The molecule has 0 saturated carbocycles. The molecule has 0 spiro atoms. The summed E-state index contributed by atoms with van der Waals surface area (Å²) in [5, 5.41) is 0. The monoisotopic (exact) mass is 387 g/mol. The number of carbonyl (C=O) groups is 2. The second kappa shape index (κ2) is 6.81. The van der Waals surface area contributed by atoms with Crippen molar-refractivity contribution in [3.05, 3.63) is 65.7 Å². The summed E-state index contributed by atoms with van der Waals surface area (Å²) >= 11 is 0. The number of hydrogen-bond acceptors (Lipinski definition) is 5. The second-order valence-electron chi connectivity index (χ2n) is 6.64. The number of nitrogens with zero attached hydrogens (tertiary/aromatic N) is 1. The number of amides is 1. The molecule has 3 rings (SSSR count). The molecule has 7 heteroatoms. The van der Waals surface area contributed by atoms with Crippen LogP contribution in [0, 0.1) is 6.92 Å².